The first-order chi connectivity index (χ1) is 15.9. The van der Waals surface area contributed by atoms with E-state index in [1.54, 1.807) is 24.3 Å². The molecule has 0 spiro atoms. The average Bonchev–Trinajstić information content (AvgIpc) is 3.08. The Bertz CT molecular complexity index is 1190. The van der Waals surface area contributed by atoms with E-state index in [4.69, 9.17) is 0 Å². The molecule has 8 nitrogen and oxygen atoms in total. The number of nitro benzene ring substituents is 1. The molecule has 3 aromatic rings. The Balaban J connectivity index is 1.65. The van der Waals surface area contributed by atoms with E-state index < -0.39 is 28.7 Å². The van der Waals surface area contributed by atoms with Crippen molar-refractivity contribution in [2.75, 3.05) is 0 Å². The van der Waals surface area contributed by atoms with Crippen LogP contribution in [0.15, 0.2) is 78.9 Å². The van der Waals surface area contributed by atoms with Crippen molar-refractivity contribution < 1.29 is 19.3 Å². The highest BCUT2D eigenvalue weighted by Gasteiger charge is 2.42. The molecular formula is C25H21N3O5. The molecule has 0 aliphatic carbocycles. The van der Waals surface area contributed by atoms with E-state index >= 15 is 0 Å². The molecule has 166 valence electrons. The van der Waals surface area contributed by atoms with E-state index in [0.29, 0.717) is 5.56 Å². The van der Waals surface area contributed by atoms with E-state index in [9.17, 15) is 24.5 Å². The van der Waals surface area contributed by atoms with Gasteiger partial charge in [-0.1, -0.05) is 54.6 Å². The van der Waals surface area contributed by atoms with Gasteiger partial charge >= 0.3 is 0 Å². The zero-order chi connectivity index (χ0) is 23.5. The number of imide groups is 1. The summed E-state index contributed by atoms with van der Waals surface area (Å²) in [7, 11) is 0. The molecule has 1 heterocycles. The summed E-state index contributed by atoms with van der Waals surface area (Å²) in [6.07, 6.45) is 0.0246. The number of hydrogen-bond acceptors (Lipinski definition) is 5. The van der Waals surface area contributed by atoms with E-state index in [2.05, 4.69) is 5.32 Å². The molecular weight excluding hydrogens is 422 g/mol. The monoisotopic (exact) mass is 443 g/mol. The minimum absolute atomic E-state index is 0.0246. The summed E-state index contributed by atoms with van der Waals surface area (Å²) >= 11 is 0. The second-order valence-electron chi connectivity index (χ2n) is 7.81. The zero-order valence-electron chi connectivity index (χ0n) is 17.8. The summed E-state index contributed by atoms with van der Waals surface area (Å²) in [6, 6.07) is 20.0. The number of nitrogens with zero attached hydrogens (tertiary/aromatic N) is 2. The molecule has 8 heteroatoms. The molecule has 0 saturated carbocycles. The number of benzene rings is 3. The van der Waals surface area contributed by atoms with Crippen molar-refractivity contribution in [2.45, 2.75) is 25.4 Å². The lowest BCUT2D eigenvalue weighted by Crippen LogP contribution is -2.51. The van der Waals surface area contributed by atoms with Crippen molar-refractivity contribution in [2.24, 2.45) is 0 Å². The van der Waals surface area contributed by atoms with Crippen LogP contribution < -0.4 is 5.32 Å². The number of carbonyl (C=O) groups excluding carboxylic acids is 3. The number of non-ortho nitro benzene ring substituents is 1. The lowest BCUT2D eigenvalue weighted by Gasteiger charge is -2.27. The van der Waals surface area contributed by atoms with Gasteiger partial charge in [0.25, 0.3) is 17.5 Å². The lowest BCUT2D eigenvalue weighted by atomic mass is 10.0. The molecule has 0 bridgehead atoms. The maximum atomic E-state index is 13.4. The first-order valence-electron chi connectivity index (χ1n) is 10.4. The molecule has 1 N–H and O–H groups in total. The molecule has 3 amide bonds. The molecule has 0 aromatic heterocycles. The van der Waals surface area contributed by atoms with Crippen LogP contribution in [0, 0.1) is 10.1 Å². The van der Waals surface area contributed by atoms with Gasteiger partial charge in [0.15, 0.2) is 0 Å². The van der Waals surface area contributed by atoms with E-state index in [0.717, 1.165) is 10.5 Å². The predicted molar refractivity (Wildman–Crippen MR) is 121 cm³/mol. The van der Waals surface area contributed by atoms with Crippen molar-refractivity contribution in [1.29, 1.82) is 0 Å². The zero-order valence-corrected chi connectivity index (χ0v) is 17.8. The summed E-state index contributed by atoms with van der Waals surface area (Å²) in [4.78, 5) is 51.0. The molecule has 0 fully saturated rings. The second kappa shape index (κ2) is 9.04. The van der Waals surface area contributed by atoms with Crippen LogP contribution in [-0.2, 0) is 11.2 Å². The van der Waals surface area contributed by atoms with Crippen LogP contribution in [0.1, 0.15) is 44.8 Å². The van der Waals surface area contributed by atoms with Gasteiger partial charge in [0.2, 0.25) is 5.91 Å². The Kier molecular flexibility index (Phi) is 5.99. The number of hydrogen-bond donors (Lipinski definition) is 1. The first-order valence-corrected chi connectivity index (χ1v) is 10.4. The number of amides is 3. The van der Waals surface area contributed by atoms with Gasteiger partial charge in [-0.05, 0) is 30.2 Å². The number of fused-ring (bicyclic) bond motifs is 1. The van der Waals surface area contributed by atoms with Crippen molar-refractivity contribution in [3.05, 3.63) is 111 Å². The molecule has 0 radical (unpaired) electrons. The summed E-state index contributed by atoms with van der Waals surface area (Å²) < 4.78 is 0. The Hall–Kier alpha value is -4.33. The van der Waals surface area contributed by atoms with Gasteiger partial charge in [-0.25, -0.2) is 0 Å². The Labute approximate surface area is 190 Å². The van der Waals surface area contributed by atoms with Gasteiger partial charge in [0, 0.05) is 18.6 Å². The van der Waals surface area contributed by atoms with Gasteiger partial charge < -0.3 is 5.32 Å². The van der Waals surface area contributed by atoms with Gasteiger partial charge in [0.05, 0.1) is 22.1 Å². The van der Waals surface area contributed by atoms with Crippen LogP contribution >= 0.6 is 0 Å². The molecule has 2 atom stereocenters. The molecule has 0 saturated heterocycles. The van der Waals surface area contributed by atoms with Crippen LogP contribution in [0.25, 0.3) is 0 Å². The summed E-state index contributed by atoms with van der Waals surface area (Å²) in [6.45, 7) is 1.82. The van der Waals surface area contributed by atoms with Crippen molar-refractivity contribution in [3.63, 3.8) is 0 Å². The fourth-order valence-corrected chi connectivity index (χ4v) is 3.90. The van der Waals surface area contributed by atoms with Crippen LogP contribution in [0.3, 0.4) is 0 Å². The van der Waals surface area contributed by atoms with E-state index in [1.165, 1.54) is 24.3 Å². The van der Waals surface area contributed by atoms with Crippen LogP contribution in [0.2, 0.25) is 0 Å². The number of rotatable bonds is 7. The van der Waals surface area contributed by atoms with Crippen LogP contribution in [-0.4, -0.2) is 33.6 Å². The fraction of sp³-hybridized carbons (Fsp3) is 0.160. The van der Waals surface area contributed by atoms with Gasteiger partial charge in [-0.15, -0.1) is 0 Å². The minimum Gasteiger partial charge on any atom is -0.348 e. The largest absolute Gasteiger partial charge is 0.348 e. The smallest absolute Gasteiger partial charge is 0.269 e. The summed E-state index contributed by atoms with van der Waals surface area (Å²) in [5.41, 5.74) is 1.88. The minimum atomic E-state index is -1.12. The molecule has 1 aliphatic heterocycles. The quantitative estimate of drug-likeness (QED) is 0.340. The number of carbonyl (C=O) groups is 3. The van der Waals surface area contributed by atoms with E-state index in [-0.39, 0.29) is 29.3 Å². The highest BCUT2D eigenvalue weighted by molar-refractivity contribution is 6.22. The first kappa shape index (κ1) is 21.9. The molecule has 1 aliphatic rings. The molecule has 4 rings (SSSR count). The maximum absolute atomic E-state index is 13.4. The fourth-order valence-electron chi connectivity index (χ4n) is 3.90. The molecule has 33 heavy (non-hydrogen) atoms. The van der Waals surface area contributed by atoms with Crippen LogP contribution in [0.5, 0.6) is 0 Å². The standard InChI is InChI=1S/C25H21N3O5/c1-16(18-7-3-2-4-8-18)26-23(29)22(15-17-11-13-19(14-12-17)28(32)33)27-24(30)20-9-5-6-10-21(20)25(27)31/h2-14,16,22H,15H2,1H3,(H,26,29)/t16-,22+/m1/s1. The average molecular weight is 443 g/mol. The normalized spacial score (nSPS) is 14.5. The highest BCUT2D eigenvalue weighted by atomic mass is 16.6. The lowest BCUT2D eigenvalue weighted by molar-refractivity contribution is -0.384. The second-order valence-corrected chi connectivity index (χ2v) is 7.81. The van der Waals surface area contributed by atoms with Gasteiger partial charge in [-0.3, -0.25) is 29.4 Å². The molecule has 0 unspecified atom stereocenters. The van der Waals surface area contributed by atoms with Crippen molar-refractivity contribution in [1.82, 2.24) is 10.2 Å². The summed E-state index contributed by atoms with van der Waals surface area (Å²) in [5.74, 6) is -1.56. The number of nitro groups is 1. The third-order valence-electron chi connectivity index (χ3n) is 5.67. The maximum Gasteiger partial charge on any atom is 0.269 e. The van der Waals surface area contributed by atoms with Crippen molar-refractivity contribution in [3.8, 4) is 0 Å². The predicted octanol–water partition coefficient (Wildman–Crippen LogP) is 3.68. The van der Waals surface area contributed by atoms with Gasteiger partial charge in [0.1, 0.15) is 6.04 Å². The Morgan fingerprint density at radius 1 is 0.909 bits per heavy atom. The topological polar surface area (TPSA) is 110 Å². The van der Waals surface area contributed by atoms with Crippen molar-refractivity contribution >= 4 is 23.4 Å². The van der Waals surface area contributed by atoms with Crippen LogP contribution in [0.4, 0.5) is 5.69 Å². The summed E-state index contributed by atoms with van der Waals surface area (Å²) in [5, 5.41) is 13.9. The SMILES string of the molecule is C[C@@H](NC(=O)[C@H](Cc1ccc([N+](=O)[O-])cc1)N1C(=O)c2ccccc2C1=O)c1ccccc1. The number of nitrogens with one attached hydrogen (secondary N) is 1. The third-order valence-corrected chi connectivity index (χ3v) is 5.67. The Morgan fingerprint density at radius 2 is 1.45 bits per heavy atom. The molecule has 3 aromatic carbocycles. The van der Waals surface area contributed by atoms with Gasteiger partial charge in [-0.2, -0.15) is 0 Å². The Morgan fingerprint density at radius 3 is 2.00 bits per heavy atom. The third kappa shape index (κ3) is 4.36. The highest BCUT2D eigenvalue weighted by Crippen LogP contribution is 2.27. The van der Waals surface area contributed by atoms with E-state index in [1.807, 2.05) is 37.3 Å².